The van der Waals surface area contributed by atoms with Gasteiger partial charge in [0.05, 0.1) is 6.07 Å². The lowest BCUT2D eigenvalue weighted by molar-refractivity contribution is -0.132. The Balaban J connectivity index is 0. The average Bonchev–Trinajstić information content (AvgIpc) is 3.01. The third-order valence-electron chi connectivity index (χ3n) is 5.33. The van der Waals surface area contributed by atoms with E-state index in [1.807, 2.05) is 26.8 Å². The van der Waals surface area contributed by atoms with Crippen LogP contribution in [0.4, 0.5) is 4.39 Å². The van der Waals surface area contributed by atoms with Crippen LogP contribution >= 0.6 is 0 Å². The van der Waals surface area contributed by atoms with E-state index in [-0.39, 0.29) is 23.9 Å². The van der Waals surface area contributed by atoms with Crippen LogP contribution in [0.5, 0.6) is 0 Å². The molecule has 1 aliphatic rings. The zero-order chi connectivity index (χ0) is 23.3. The molecule has 1 rings (SSSR count). The second-order valence-electron chi connectivity index (χ2n) is 9.17. The number of carbonyl (C=O) groups is 1. The van der Waals surface area contributed by atoms with Gasteiger partial charge in [0.25, 0.3) is 0 Å². The average molecular weight is 416 g/mol. The number of nitrogens with zero attached hydrogens (tertiary/aromatic N) is 3. The number of aliphatic hydroxyl groups excluding tert-OH is 1. The molecule has 2 atom stereocenters. The molecular formula is C23H46FN3O2. The van der Waals surface area contributed by atoms with Crippen LogP contribution in [0.15, 0.2) is 0 Å². The molecule has 0 radical (unpaired) electrons. The molecule has 0 spiro atoms. The first-order valence-electron chi connectivity index (χ1n) is 10.9. The van der Waals surface area contributed by atoms with Crippen molar-refractivity contribution in [3.63, 3.8) is 0 Å². The first kappa shape index (κ1) is 30.0. The fourth-order valence-electron chi connectivity index (χ4n) is 3.79. The van der Waals surface area contributed by atoms with Crippen molar-refractivity contribution >= 4 is 5.91 Å². The predicted octanol–water partition coefficient (Wildman–Crippen LogP) is 4.79. The summed E-state index contributed by atoms with van der Waals surface area (Å²) in [4.78, 5) is 15.5. The van der Waals surface area contributed by atoms with E-state index in [0.717, 1.165) is 39.5 Å². The fraction of sp³-hybridized carbons (Fsp3) is 0.913. The second kappa shape index (κ2) is 14.7. The summed E-state index contributed by atoms with van der Waals surface area (Å²) in [5.41, 5.74) is -0.813. The predicted molar refractivity (Wildman–Crippen MR) is 119 cm³/mol. The van der Waals surface area contributed by atoms with Gasteiger partial charge in [-0.05, 0) is 59.3 Å². The molecule has 0 aromatic rings. The Morgan fingerprint density at radius 1 is 1.31 bits per heavy atom. The standard InChI is InChI=1S/C12H24FN.C10H18N2O.CH4O/c1-10(2)8-11(3,4)14-7-6-12(5,13)9-14;1-4-8-12(9(3)5-2)10(13)6-7-11;1-2/h10H,6-9H2,1-5H3;9H,4-6,8H2,1-3H3;2H,1H3. The maximum atomic E-state index is 13.7. The number of hydrogen-bond donors (Lipinski definition) is 1. The summed E-state index contributed by atoms with van der Waals surface area (Å²) in [6.07, 6.45) is 3.72. The molecule has 1 amide bonds. The molecule has 1 aliphatic heterocycles. The summed E-state index contributed by atoms with van der Waals surface area (Å²) in [5.74, 6) is 0.634. The Labute approximate surface area is 179 Å². The van der Waals surface area contributed by atoms with Gasteiger partial charge >= 0.3 is 0 Å². The number of likely N-dealkylation sites (tertiary alicyclic amines) is 1. The number of aliphatic hydroxyl groups is 1. The Kier molecular flexibility index (Phi) is 15.3. The molecule has 0 saturated carbocycles. The van der Waals surface area contributed by atoms with Gasteiger partial charge < -0.3 is 10.0 Å². The van der Waals surface area contributed by atoms with Gasteiger partial charge in [0, 0.05) is 38.3 Å². The Bertz CT molecular complexity index is 487. The maximum Gasteiger partial charge on any atom is 0.237 e. The van der Waals surface area contributed by atoms with Crippen LogP contribution in [0.1, 0.15) is 87.5 Å². The molecule has 172 valence electrons. The van der Waals surface area contributed by atoms with Crippen LogP contribution < -0.4 is 0 Å². The van der Waals surface area contributed by atoms with Crippen molar-refractivity contribution in [2.75, 3.05) is 26.7 Å². The van der Waals surface area contributed by atoms with Crippen molar-refractivity contribution in [2.24, 2.45) is 5.92 Å². The molecular weight excluding hydrogens is 369 g/mol. The van der Waals surface area contributed by atoms with Crippen LogP contribution in [-0.2, 0) is 4.79 Å². The molecule has 0 aliphatic carbocycles. The Morgan fingerprint density at radius 3 is 2.21 bits per heavy atom. The number of rotatable bonds is 8. The quantitative estimate of drug-likeness (QED) is 0.619. The zero-order valence-electron chi connectivity index (χ0n) is 20.4. The third-order valence-corrected chi connectivity index (χ3v) is 5.33. The molecule has 1 saturated heterocycles. The van der Waals surface area contributed by atoms with Crippen LogP contribution in [0.2, 0.25) is 0 Å². The van der Waals surface area contributed by atoms with Gasteiger partial charge in [-0.1, -0.05) is 27.7 Å². The minimum atomic E-state index is -0.964. The Morgan fingerprint density at radius 2 is 1.86 bits per heavy atom. The van der Waals surface area contributed by atoms with E-state index < -0.39 is 5.67 Å². The molecule has 0 aromatic carbocycles. The van der Waals surface area contributed by atoms with Crippen LogP contribution in [0, 0.1) is 17.2 Å². The van der Waals surface area contributed by atoms with E-state index in [1.54, 1.807) is 11.8 Å². The normalized spacial score (nSPS) is 20.1. The van der Waals surface area contributed by atoms with E-state index >= 15 is 0 Å². The molecule has 1 fully saturated rings. The number of alkyl halides is 1. The monoisotopic (exact) mass is 415 g/mol. The zero-order valence-corrected chi connectivity index (χ0v) is 20.4. The highest BCUT2D eigenvalue weighted by Gasteiger charge is 2.40. The molecule has 2 unspecified atom stereocenters. The van der Waals surface area contributed by atoms with Gasteiger partial charge in [-0.15, -0.1) is 0 Å². The van der Waals surface area contributed by atoms with Crippen molar-refractivity contribution in [2.45, 2.75) is 105 Å². The summed E-state index contributed by atoms with van der Waals surface area (Å²) in [5, 5.41) is 15.4. The third kappa shape index (κ3) is 12.2. The van der Waals surface area contributed by atoms with Crippen molar-refractivity contribution in [1.82, 2.24) is 9.80 Å². The topological polar surface area (TPSA) is 67.6 Å². The number of amides is 1. The maximum absolute atomic E-state index is 13.7. The molecule has 0 bridgehead atoms. The lowest BCUT2D eigenvalue weighted by atomic mass is 9.91. The van der Waals surface area contributed by atoms with Crippen LogP contribution in [-0.4, -0.2) is 64.8 Å². The highest BCUT2D eigenvalue weighted by Crippen LogP contribution is 2.33. The summed E-state index contributed by atoms with van der Waals surface area (Å²) in [6, 6.07) is 2.14. The highest BCUT2D eigenvalue weighted by atomic mass is 19.1. The molecule has 0 aromatic heterocycles. The van der Waals surface area contributed by atoms with Gasteiger partial charge in [0.2, 0.25) is 5.91 Å². The highest BCUT2D eigenvalue weighted by molar-refractivity contribution is 5.78. The first-order chi connectivity index (χ1) is 13.4. The summed E-state index contributed by atoms with van der Waals surface area (Å²) in [7, 11) is 1.00. The van der Waals surface area contributed by atoms with E-state index in [4.69, 9.17) is 10.4 Å². The van der Waals surface area contributed by atoms with E-state index in [0.29, 0.717) is 18.9 Å². The van der Waals surface area contributed by atoms with Gasteiger partial charge in [-0.2, -0.15) is 5.26 Å². The first-order valence-corrected chi connectivity index (χ1v) is 10.9. The fourth-order valence-corrected chi connectivity index (χ4v) is 3.79. The molecule has 1 heterocycles. The summed E-state index contributed by atoms with van der Waals surface area (Å²) < 4.78 is 13.7. The van der Waals surface area contributed by atoms with Gasteiger partial charge in [-0.3, -0.25) is 9.69 Å². The lowest BCUT2D eigenvalue weighted by Gasteiger charge is -2.37. The lowest BCUT2D eigenvalue weighted by Crippen LogP contribution is -2.44. The minimum absolute atomic E-state index is 0.00431. The molecule has 6 heteroatoms. The summed E-state index contributed by atoms with van der Waals surface area (Å²) >= 11 is 0. The van der Waals surface area contributed by atoms with Gasteiger partial charge in [-0.25, -0.2) is 4.39 Å². The van der Waals surface area contributed by atoms with Gasteiger partial charge in [0.1, 0.15) is 12.1 Å². The molecule has 1 N–H and O–H groups in total. The minimum Gasteiger partial charge on any atom is -0.400 e. The number of nitriles is 1. The largest absolute Gasteiger partial charge is 0.400 e. The molecule has 29 heavy (non-hydrogen) atoms. The van der Waals surface area contributed by atoms with Gasteiger partial charge in [0.15, 0.2) is 0 Å². The summed E-state index contributed by atoms with van der Waals surface area (Å²) in [6.45, 7) is 19.0. The number of hydrogen-bond acceptors (Lipinski definition) is 4. The van der Waals surface area contributed by atoms with Crippen LogP contribution in [0.3, 0.4) is 0 Å². The van der Waals surface area contributed by atoms with Crippen molar-refractivity contribution in [3.05, 3.63) is 0 Å². The van der Waals surface area contributed by atoms with E-state index in [1.165, 1.54) is 0 Å². The van der Waals surface area contributed by atoms with E-state index in [2.05, 4.69) is 32.6 Å². The molecule has 5 nitrogen and oxygen atoms in total. The second-order valence-corrected chi connectivity index (χ2v) is 9.17. The SMILES string of the molecule is CC(C)CC(C)(C)N1CCC(C)(F)C1.CCCN(C(=O)CC#N)C(C)CC.CO. The van der Waals surface area contributed by atoms with Crippen molar-refractivity contribution in [1.29, 1.82) is 5.26 Å². The van der Waals surface area contributed by atoms with Crippen molar-refractivity contribution in [3.8, 4) is 6.07 Å². The Hall–Kier alpha value is -1.19. The number of carbonyl (C=O) groups excluding carboxylic acids is 1. The van der Waals surface area contributed by atoms with Crippen molar-refractivity contribution < 1.29 is 14.3 Å². The smallest absolute Gasteiger partial charge is 0.237 e. The van der Waals surface area contributed by atoms with Crippen LogP contribution in [0.25, 0.3) is 0 Å². The van der Waals surface area contributed by atoms with E-state index in [9.17, 15) is 9.18 Å². The number of halogens is 1.